The van der Waals surface area contributed by atoms with Crippen LogP contribution in [0, 0.1) is 0 Å². The summed E-state index contributed by atoms with van der Waals surface area (Å²) in [6, 6.07) is 23.0. The van der Waals surface area contributed by atoms with E-state index in [4.69, 9.17) is 0 Å². The Bertz CT molecular complexity index is 1100. The van der Waals surface area contributed by atoms with Crippen molar-refractivity contribution >= 4 is 29.1 Å². The van der Waals surface area contributed by atoms with Crippen molar-refractivity contribution in [3.63, 3.8) is 0 Å². The number of anilines is 2. The molecule has 1 heterocycles. The Labute approximate surface area is 179 Å². The van der Waals surface area contributed by atoms with Crippen LogP contribution in [-0.2, 0) is 16.1 Å². The highest BCUT2D eigenvalue weighted by Crippen LogP contribution is 2.26. The second-order valence-corrected chi connectivity index (χ2v) is 7.18. The molecule has 4 rings (SSSR count). The van der Waals surface area contributed by atoms with E-state index in [1.54, 1.807) is 48.5 Å². The fourth-order valence-corrected chi connectivity index (χ4v) is 3.44. The lowest BCUT2D eigenvalue weighted by molar-refractivity contribution is -0.118. The zero-order valence-electron chi connectivity index (χ0n) is 16.7. The summed E-state index contributed by atoms with van der Waals surface area (Å²) in [5.74, 6) is -0.783. The van der Waals surface area contributed by atoms with Gasteiger partial charge in [0, 0.05) is 23.5 Å². The zero-order valence-corrected chi connectivity index (χ0v) is 16.7. The van der Waals surface area contributed by atoms with Gasteiger partial charge >= 0.3 is 0 Å². The molecule has 1 aliphatic heterocycles. The molecule has 31 heavy (non-hydrogen) atoms. The molecule has 156 valence electrons. The molecule has 3 amide bonds. The third-order valence-electron chi connectivity index (χ3n) is 5.01. The van der Waals surface area contributed by atoms with Gasteiger partial charge in [-0.15, -0.1) is 0 Å². The second kappa shape index (κ2) is 9.23. The Hall–Kier alpha value is -3.97. The van der Waals surface area contributed by atoms with E-state index in [9.17, 15) is 14.4 Å². The number of fused-ring (bicyclic) bond motifs is 1. The first-order valence-corrected chi connectivity index (χ1v) is 9.95. The largest absolute Gasteiger partial charge is 0.343 e. The first kappa shape index (κ1) is 20.3. The van der Waals surface area contributed by atoms with Crippen LogP contribution < -0.4 is 21.3 Å². The monoisotopic (exact) mass is 414 g/mol. The van der Waals surface area contributed by atoms with Crippen molar-refractivity contribution < 1.29 is 14.4 Å². The molecule has 0 radical (unpaired) electrons. The van der Waals surface area contributed by atoms with E-state index in [-0.39, 0.29) is 30.3 Å². The molecule has 0 bridgehead atoms. The summed E-state index contributed by atoms with van der Waals surface area (Å²) in [5, 5.41) is 11.4. The third-order valence-corrected chi connectivity index (χ3v) is 5.01. The number of benzene rings is 3. The topological polar surface area (TPSA) is 99.3 Å². The lowest BCUT2D eigenvalue weighted by Gasteiger charge is -2.13. The van der Waals surface area contributed by atoms with Crippen LogP contribution in [0.4, 0.5) is 11.4 Å². The van der Waals surface area contributed by atoms with Gasteiger partial charge in [-0.3, -0.25) is 19.7 Å². The van der Waals surface area contributed by atoms with Gasteiger partial charge in [-0.05, 0) is 47.5 Å². The lowest BCUT2D eigenvalue weighted by atomic mass is 10.0. The summed E-state index contributed by atoms with van der Waals surface area (Å²) in [5.41, 5.74) is 3.81. The molecule has 0 saturated carbocycles. The highest BCUT2D eigenvalue weighted by atomic mass is 16.2. The number of hydrogen-bond acceptors (Lipinski definition) is 4. The number of rotatable bonds is 6. The quantitative estimate of drug-likeness (QED) is 0.498. The van der Waals surface area contributed by atoms with Crippen molar-refractivity contribution in [1.82, 2.24) is 10.6 Å². The first-order chi connectivity index (χ1) is 15.1. The summed E-state index contributed by atoms with van der Waals surface area (Å²) >= 11 is 0. The molecule has 1 aliphatic rings. The van der Waals surface area contributed by atoms with Crippen molar-refractivity contribution in [2.24, 2.45) is 0 Å². The van der Waals surface area contributed by atoms with E-state index in [0.717, 1.165) is 11.1 Å². The first-order valence-electron chi connectivity index (χ1n) is 9.95. The van der Waals surface area contributed by atoms with Crippen LogP contribution in [0.1, 0.15) is 27.5 Å². The van der Waals surface area contributed by atoms with E-state index >= 15 is 0 Å². The summed E-state index contributed by atoms with van der Waals surface area (Å²) in [4.78, 5) is 36.7. The lowest BCUT2D eigenvalue weighted by Crippen LogP contribution is -2.32. The number of amides is 3. The van der Waals surface area contributed by atoms with Gasteiger partial charge in [0.15, 0.2) is 0 Å². The molecular weight excluding hydrogens is 392 g/mol. The van der Waals surface area contributed by atoms with E-state index in [2.05, 4.69) is 21.3 Å². The van der Waals surface area contributed by atoms with Gasteiger partial charge < -0.3 is 16.0 Å². The summed E-state index contributed by atoms with van der Waals surface area (Å²) in [7, 11) is 0. The standard InChI is InChI=1S/C24H22N4O3/c29-21(15-26-23(30)16-6-2-1-3-7-16)27-18-10-12-19(13-11-18)28-24(31)22-20-9-5-4-8-17(20)14-25-22/h1-13,22,25H,14-15H2,(H,26,30)(H,27,29)(H,28,31). The smallest absolute Gasteiger partial charge is 0.251 e. The SMILES string of the molecule is O=C(CNC(=O)c1ccccc1)Nc1ccc(NC(=O)C2NCc3ccccc32)cc1. The van der Waals surface area contributed by atoms with E-state index in [1.165, 1.54) is 0 Å². The summed E-state index contributed by atoms with van der Waals surface area (Å²) < 4.78 is 0. The van der Waals surface area contributed by atoms with Crippen LogP contribution in [0.3, 0.4) is 0 Å². The minimum atomic E-state index is -0.385. The number of carbonyl (C=O) groups excluding carboxylic acids is 3. The van der Waals surface area contributed by atoms with Crippen molar-refractivity contribution in [2.75, 3.05) is 17.2 Å². The second-order valence-electron chi connectivity index (χ2n) is 7.18. The van der Waals surface area contributed by atoms with Crippen LogP contribution in [0.25, 0.3) is 0 Å². The maximum Gasteiger partial charge on any atom is 0.251 e. The number of hydrogen-bond donors (Lipinski definition) is 4. The Kier molecular flexibility index (Phi) is 6.05. The van der Waals surface area contributed by atoms with Gasteiger partial charge in [-0.1, -0.05) is 42.5 Å². The number of nitrogens with one attached hydrogen (secondary N) is 4. The summed E-state index contributed by atoms with van der Waals surface area (Å²) in [6.07, 6.45) is 0. The average Bonchev–Trinajstić information content (AvgIpc) is 3.24. The van der Waals surface area contributed by atoms with E-state index < -0.39 is 0 Å². The maximum absolute atomic E-state index is 12.6. The molecule has 0 aliphatic carbocycles. The van der Waals surface area contributed by atoms with Crippen molar-refractivity contribution in [3.05, 3.63) is 95.6 Å². The van der Waals surface area contributed by atoms with Gasteiger partial charge in [0.1, 0.15) is 6.04 Å². The van der Waals surface area contributed by atoms with Crippen LogP contribution in [0.2, 0.25) is 0 Å². The van der Waals surface area contributed by atoms with Crippen molar-refractivity contribution in [1.29, 1.82) is 0 Å². The summed E-state index contributed by atoms with van der Waals surface area (Å²) in [6.45, 7) is 0.527. The third kappa shape index (κ3) is 4.96. The maximum atomic E-state index is 12.6. The van der Waals surface area contributed by atoms with Crippen LogP contribution in [-0.4, -0.2) is 24.3 Å². The van der Waals surface area contributed by atoms with Gasteiger partial charge in [0.25, 0.3) is 5.91 Å². The Morgan fingerprint density at radius 3 is 2.19 bits per heavy atom. The zero-order chi connectivity index (χ0) is 21.6. The molecule has 3 aromatic rings. The predicted molar refractivity (Wildman–Crippen MR) is 118 cm³/mol. The van der Waals surface area contributed by atoms with Gasteiger partial charge in [0.05, 0.1) is 6.54 Å². The molecule has 7 nitrogen and oxygen atoms in total. The normalized spacial score (nSPS) is 14.4. The number of carbonyl (C=O) groups is 3. The minimum Gasteiger partial charge on any atom is -0.343 e. The van der Waals surface area contributed by atoms with Gasteiger partial charge in [-0.2, -0.15) is 0 Å². The van der Waals surface area contributed by atoms with E-state index in [1.807, 2.05) is 30.3 Å². The highest BCUT2D eigenvalue weighted by Gasteiger charge is 2.27. The molecule has 0 saturated heterocycles. The fraction of sp³-hybridized carbons (Fsp3) is 0.125. The van der Waals surface area contributed by atoms with Crippen LogP contribution in [0.5, 0.6) is 0 Å². The predicted octanol–water partition coefficient (Wildman–Crippen LogP) is 2.84. The Balaban J connectivity index is 1.28. The van der Waals surface area contributed by atoms with E-state index in [0.29, 0.717) is 23.5 Å². The Morgan fingerprint density at radius 2 is 1.45 bits per heavy atom. The van der Waals surface area contributed by atoms with Crippen LogP contribution >= 0.6 is 0 Å². The Morgan fingerprint density at radius 1 is 0.806 bits per heavy atom. The van der Waals surface area contributed by atoms with Crippen molar-refractivity contribution in [3.8, 4) is 0 Å². The molecular formula is C24H22N4O3. The molecule has 1 unspecified atom stereocenters. The minimum absolute atomic E-state index is 0.134. The van der Waals surface area contributed by atoms with Gasteiger partial charge in [0.2, 0.25) is 11.8 Å². The molecule has 1 atom stereocenters. The van der Waals surface area contributed by atoms with Crippen LogP contribution in [0.15, 0.2) is 78.9 Å². The van der Waals surface area contributed by atoms with Crippen molar-refractivity contribution in [2.45, 2.75) is 12.6 Å². The molecule has 0 aromatic heterocycles. The molecule has 7 heteroatoms. The molecule has 3 aromatic carbocycles. The highest BCUT2D eigenvalue weighted by molar-refractivity contribution is 6.00. The molecule has 0 fully saturated rings. The molecule has 4 N–H and O–H groups in total. The average molecular weight is 414 g/mol. The fourth-order valence-electron chi connectivity index (χ4n) is 3.44. The van der Waals surface area contributed by atoms with Gasteiger partial charge in [-0.25, -0.2) is 0 Å². The molecule has 0 spiro atoms.